The Kier molecular flexibility index (Phi) is 7.36. The quantitative estimate of drug-likeness (QED) is 0.734. The summed E-state index contributed by atoms with van der Waals surface area (Å²) in [6, 6.07) is 10.6. The Hall–Kier alpha value is -0.900. The van der Waals surface area contributed by atoms with E-state index >= 15 is 0 Å². The van der Waals surface area contributed by atoms with Crippen LogP contribution in [0.3, 0.4) is 0 Å². The van der Waals surface area contributed by atoms with Crippen LogP contribution in [0.1, 0.15) is 40.2 Å². The molecule has 1 aromatic carbocycles. The van der Waals surface area contributed by atoms with Crippen LogP contribution in [-0.2, 0) is 5.54 Å². The molecule has 0 aliphatic carbocycles. The molecule has 1 unspecified atom stereocenters. The fourth-order valence-electron chi connectivity index (χ4n) is 2.92. The summed E-state index contributed by atoms with van der Waals surface area (Å²) >= 11 is 0. The largest absolute Gasteiger partial charge is 0.394 e. The number of nitrogens with one attached hydrogen (secondary N) is 1. The summed E-state index contributed by atoms with van der Waals surface area (Å²) in [6.07, 6.45) is 0. The van der Waals surface area contributed by atoms with Crippen molar-refractivity contribution in [3.05, 3.63) is 35.9 Å². The highest BCUT2D eigenvalue weighted by Gasteiger charge is 2.33. The molecule has 0 heterocycles. The Balaban J connectivity index is 3.05. The van der Waals surface area contributed by atoms with Gasteiger partial charge >= 0.3 is 0 Å². The lowest BCUT2D eigenvalue weighted by atomic mass is 9.88. The molecule has 0 aromatic heterocycles. The SMILES string of the molecule is CCN(CC(C)C)CC(CO)(NC(C)C)c1ccccc1. The molecule has 0 saturated heterocycles. The Morgan fingerprint density at radius 1 is 1.14 bits per heavy atom. The topological polar surface area (TPSA) is 35.5 Å². The first-order chi connectivity index (χ1) is 9.93. The maximum atomic E-state index is 10.2. The second-order valence-corrected chi connectivity index (χ2v) is 6.63. The van der Waals surface area contributed by atoms with Crippen LogP contribution in [0, 0.1) is 5.92 Å². The van der Waals surface area contributed by atoms with Crippen molar-refractivity contribution in [2.24, 2.45) is 5.92 Å². The summed E-state index contributed by atoms with van der Waals surface area (Å²) in [6.45, 7) is 13.9. The average molecular weight is 292 g/mol. The first-order valence-corrected chi connectivity index (χ1v) is 8.10. The van der Waals surface area contributed by atoms with E-state index < -0.39 is 5.54 Å². The number of rotatable bonds is 9. The van der Waals surface area contributed by atoms with Gasteiger partial charge in [-0.05, 0) is 31.9 Å². The van der Waals surface area contributed by atoms with E-state index in [0.717, 1.165) is 25.2 Å². The van der Waals surface area contributed by atoms with Crippen molar-refractivity contribution in [1.29, 1.82) is 0 Å². The van der Waals surface area contributed by atoms with Crippen molar-refractivity contribution in [3.63, 3.8) is 0 Å². The van der Waals surface area contributed by atoms with E-state index in [1.54, 1.807) is 0 Å². The van der Waals surface area contributed by atoms with Gasteiger partial charge in [0, 0.05) is 19.1 Å². The second kappa shape index (κ2) is 8.52. The van der Waals surface area contributed by atoms with Crippen LogP contribution in [0.15, 0.2) is 30.3 Å². The predicted octanol–water partition coefficient (Wildman–Crippen LogP) is 2.85. The minimum Gasteiger partial charge on any atom is -0.394 e. The number of hydrogen-bond acceptors (Lipinski definition) is 3. The number of aliphatic hydroxyl groups excluding tert-OH is 1. The van der Waals surface area contributed by atoms with Gasteiger partial charge < -0.3 is 15.3 Å². The van der Waals surface area contributed by atoms with Gasteiger partial charge in [-0.1, -0.05) is 51.1 Å². The van der Waals surface area contributed by atoms with Crippen LogP contribution in [0.25, 0.3) is 0 Å². The lowest BCUT2D eigenvalue weighted by molar-refractivity contribution is 0.0957. The molecule has 1 atom stereocenters. The molecule has 0 fully saturated rings. The maximum Gasteiger partial charge on any atom is 0.0799 e. The minimum atomic E-state index is -0.402. The van der Waals surface area contributed by atoms with Gasteiger partial charge in [-0.3, -0.25) is 0 Å². The summed E-state index contributed by atoms with van der Waals surface area (Å²) in [5.74, 6) is 0.621. The normalized spacial score (nSPS) is 14.9. The van der Waals surface area contributed by atoms with Crippen LogP contribution >= 0.6 is 0 Å². The van der Waals surface area contributed by atoms with E-state index in [4.69, 9.17) is 0 Å². The standard InChI is InChI=1S/C18H32N2O/c1-6-20(12-15(2)3)13-18(14-21,19-16(4)5)17-10-8-7-9-11-17/h7-11,15-16,19,21H,6,12-14H2,1-5H3. The fourth-order valence-corrected chi connectivity index (χ4v) is 2.92. The first-order valence-electron chi connectivity index (χ1n) is 8.10. The third-order valence-corrected chi connectivity index (χ3v) is 3.73. The van der Waals surface area contributed by atoms with Gasteiger partial charge in [0.1, 0.15) is 0 Å². The minimum absolute atomic E-state index is 0.101. The molecular weight excluding hydrogens is 260 g/mol. The molecule has 1 aromatic rings. The third-order valence-electron chi connectivity index (χ3n) is 3.73. The maximum absolute atomic E-state index is 10.2. The molecule has 1 rings (SSSR count). The molecule has 0 amide bonds. The van der Waals surface area contributed by atoms with E-state index in [0.29, 0.717) is 12.0 Å². The molecule has 2 N–H and O–H groups in total. The van der Waals surface area contributed by atoms with Crippen molar-refractivity contribution in [2.45, 2.75) is 46.2 Å². The monoisotopic (exact) mass is 292 g/mol. The van der Waals surface area contributed by atoms with Crippen LogP contribution in [-0.4, -0.2) is 42.3 Å². The highest BCUT2D eigenvalue weighted by Crippen LogP contribution is 2.23. The van der Waals surface area contributed by atoms with Crippen LogP contribution < -0.4 is 5.32 Å². The lowest BCUT2D eigenvalue weighted by Crippen LogP contribution is -2.56. The summed E-state index contributed by atoms with van der Waals surface area (Å²) in [5, 5.41) is 13.8. The Morgan fingerprint density at radius 2 is 1.76 bits per heavy atom. The predicted molar refractivity (Wildman–Crippen MR) is 90.4 cm³/mol. The summed E-state index contributed by atoms with van der Waals surface area (Å²) in [7, 11) is 0. The third kappa shape index (κ3) is 5.42. The van der Waals surface area contributed by atoms with Gasteiger partial charge in [0.15, 0.2) is 0 Å². The van der Waals surface area contributed by atoms with Gasteiger partial charge in [0.2, 0.25) is 0 Å². The van der Waals surface area contributed by atoms with Crippen molar-refractivity contribution in [1.82, 2.24) is 10.2 Å². The zero-order valence-electron chi connectivity index (χ0n) is 14.3. The van der Waals surface area contributed by atoms with Gasteiger partial charge in [-0.25, -0.2) is 0 Å². The fraction of sp³-hybridized carbons (Fsp3) is 0.667. The summed E-state index contributed by atoms with van der Waals surface area (Å²) in [5.41, 5.74) is 0.753. The molecule has 0 aliphatic rings. The molecule has 0 aliphatic heterocycles. The molecular formula is C18H32N2O. The number of aliphatic hydroxyl groups is 1. The highest BCUT2D eigenvalue weighted by atomic mass is 16.3. The van der Waals surface area contributed by atoms with Crippen LogP contribution in [0.4, 0.5) is 0 Å². The summed E-state index contributed by atoms with van der Waals surface area (Å²) in [4.78, 5) is 2.42. The van der Waals surface area contributed by atoms with Gasteiger partial charge in [-0.15, -0.1) is 0 Å². The van der Waals surface area contributed by atoms with E-state index in [-0.39, 0.29) is 6.61 Å². The van der Waals surface area contributed by atoms with Crippen molar-refractivity contribution >= 4 is 0 Å². The van der Waals surface area contributed by atoms with E-state index in [9.17, 15) is 5.11 Å². The van der Waals surface area contributed by atoms with E-state index in [2.05, 4.69) is 57.0 Å². The Labute approximate surface area is 130 Å². The second-order valence-electron chi connectivity index (χ2n) is 6.63. The smallest absolute Gasteiger partial charge is 0.0799 e. The molecule has 21 heavy (non-hydrogen) atoms. The number of benzene rings is 1. The van der Waals surface area contributed by atoms with Gasteiger partial charge in [0.25, 0.3) is 0 Å². The van der Waals surface area contributed by atoms with Crippen LogP contribution in [0.5, 0.6) is 0 Å². The molecule has 0 spiro atoms. The van der Waals surface area contributed by atoms with Crippen molar-refractivity contribution in [3.8, 4) is 0 Å². The number of nitrogens with zero attached hydrogens (tertiary/aromatic N) is 1. The molecule has 3 heteroatoms. The number of hydrogen-bond donors (Lipinski definition) is 2. The van der Waals surface area contributed by atoms with E-state index in [1.165, 1.54) is 0 Å². The van der Waals surface area contributed by atoms with Crippen LogP contribution in [0.2, 0.25) is 0 Å². The lowest BCUT2D eigenvalue weighted by Gasteiger charge is -2.40. The van der Waals surface area contributed by atoms with Crippen molar-refractivity contribution < 1.29 is 5.11 Å². The average Bonchev–Trinajstić information content (AvgIpc) is 2.45. The Morgan fingerprint density at radius 3 is 2.19 bits per heavy atom. The molecule has 0 bridgehead atoms. The van der Waals surface area contributed by atoms with E-state index in [1.807, 2.05) is 18.2 Å². The summed E-state index contributed by atoms with van der Waals surface area (Å²) < 4.78 is 0. The number of likely N-dealkylation sites (N-methyl/N-ethyl adjacent to an activating group) is 1. The van der Waals surface area contributed by atoms with Gasteiger partial charge in [-0.2, -0.15) is 0 Å². The first kappa shape index (κ1) is 18.1. The highest BCUT2D eigenvalue weighted by molar-refractivity contribution is 5.25. The van der Waals surface area contributed by atoms with Crippen molar-refractivity contribution in [2.75, 3.05) is 26.2 Å². The molecule has 0 radical (unpaired) electrons. The molecule has 0 saturated carbocycles. The van der Waals surface area contributed by atoms with Gasteiger partial charge in [0.05, 0.1) is 12.1 Å². The molecule has 120 valence electrons. The molecule has 3 nitrogen and oxygen atoms in total. The zero-order valence-corrected chi connectivity index (χ0v) is 14.3. The zero-order chi connectivity index (χ0) is 15.9. The Bertz CT molecular complexity index is 391.